The van der Waals surface area contributed by atoms with Gasteiger partial charge in [0.05, 0.1) is 11.1 Å². The van der Waals surface area contributed by atoms with Crippen LogP contribution in [-0.2, 0) is 14.3 Å². The van der Waals surface area contributed by atoms with E-state index in [0.29, 0.717) is 11.5 Å². The van der Waals surface area contributed by atoms with Gasteiger partial charge in [0, 0.05) is 18.4 Å². The molecule has 144 valence electrons. The van der Waals surface area contributed by atoms with Crippen molar-refractivity contribution in [3.8, 4) is 0 Å². The molecule has 0 aromatic rings. The molecule has 1 saturated heterocycles. The van der Waals surface area contributed by atoms with Crippen LogP contribution in [0, 0.1) is 5.92 Å². The smallest absolute Gasteiger partial charge is 0.330 e. The van der Waals surface area contributed by atoms with Gasteiger partial charge >= 0.3 is 5.97 Å². The first-order valence-corrected chi connectivity index (χ1v) is 10.5. The second-order valence-electron chi connectivity index (χ2n) is 7.06. The van der Waals surface area contributed by atoms with E-state index in [1.54, 1.807) is 0 Å². The number of likely N-dealkylation sites (tertiary alicyclic amines) is 1. The number of carbonyl (C=O) groups excluding carboxylic acids is 1. The van der Waals surface area contributed by atoms with Crippen LogP contribution in [0.15, 0.2) is 17.1 Å². The van der Waals surface area contributed by atoms with E-state index in [1.165, 1.54) is 16.7 Å². The molecule has 1 saturated carbocycles. The van der Waals surface area contributed by atoms with Gasteiger partial charge in [0.25, 0.3) is 5.91 Å². The zero-order valence-electron chi connectivity index (χ0n) is 14.9. The van der Waals surface area contributed by atoms with Crippen LogP contribution in [0.1, 0.15) is 39.0 Å². The Morgan fingerprint density at radius 1 is 1.54 bits per heavy atom. The number of carboxylic acids is 1. The van der Waals surface area contributed by atoms with Gasteiger partial charge in [0.1, 0.15) is 5.37 Å². The zero-order valence-corrected chi connectivity index (χ0v) is 16.5. The Kier molecular flexibility index (Phi) is 6.30. The van der Waals surface area contributed by atoms with Gasteiger partial charge in [-0.2, -0.15) is 0 Å². The van der Waals surface area contributed by atoms with Crippen LogP contribution in [0.5, 0.6) is 0 Å². The van der Waals surface area contributed by atoms with Crippen molar-refractivity contribution in [1.82, 2.24) is 4.90 Å². The summed E-state index contributed by atoms with van der Waals surface area (Å²) >= 11 is 7.29. The highest BCUT2D eigenvalue weighted by atomic mass is 35.5. The normalized spacial score (nSPS) is 31.8. The maximum atomic E-state index is 12.5. The van der Waals surface area contributed by atoms with E-state index < -0.39 is 18.1 Å². The molecule has 3 aliphatic rings. The first kappa shape index (κ1) is 19.7. The summed E-state index contributed by atoms with van der Waals surface area (Å²) < 4.78 is 5.90. The predicted molar refractivity (Wildman–Crippen MR) is 103 cm³/mol. The third-order valence-electron chi connectivity index (χ3n) is 5.16. The van der Waals surface area contributed by atoms with Crippen molar-refractivity contribution in [2.75, 3.05) is 12.5 Å². The van der Waals surface area contributed by atoms with Crippen LogP contribution < -0.4 is 0 Å². The van der Waals surface area contributed by atoms with Crippen LogP contribution >= 0.6 is 23.4 Å². The fourth-order valence-corrected chi connectivity index (χ4v) is 5.47. The summed E-state index contributed by atoms with van der Waals surface area (Å²) in [6.45, 7) is 6.60. The number of β-lactam (4-membered cyclic amide) rings is 1. The molecule has 6 nitrogen and oxygen atoms in total. The van der Waals surface area contributed by atoms with E-state index in [-0.39, 0.29) is 23.3 Å². The Bertz CT molecular complexity index is 626. The number of alkyl halides is 1. The van der Waals surface area contributed by atoms with Crippen molar-refractivity contribution >= 4 is 40.3 Å². The molecule has 26 heavy (non-hydrogen) atoms. The number of carbonyl (C=O) groups is 2. The molecule has 8 heteroatoms. The second kappa shape index (κ2) is 8.31. The molecular formula is C18H25ClN2O4S. The van der Waals surface area contributed by atoms with Crippen molar-refractivity contribution in [1.29, 1.82) is 0 Å². The molecule has 0 aromatic carbocycles. The molecule has 1 amide bonds. The van der Waals surface area contributed by atoms with Crippen molar-refractivity contribution in [3.63, 3.8) is 0 Å². The quantitative estimate of drug-likeness (QED) is 0.385. The number of amides is 1. The summed E-state index contributed by atoms with van der Waals surface area (Å²) in [7, 11) is 0. The van der Waals surface area contributed by atoms with Gasteiger partial charge in [0.2, 0.25) is 0 Å². The van der Waals surface area contributed by atoms with Gasteiger partial charge in [-0.15, -0.1) is 11.6 Å². The van der Waals surface area contributed by atoms with Crippen molar-refractivity contribution < 1.29 is 19.4 Å². The van der Waals surface area contributed by atoms with E-state index in [9.17, 15) is 14.7 Å². The standard InChI is InChI=1S/C18H25ClN2O4S/c1-3-7-25-12-6-4-5-11(8-12)15-20-13-16(22)21(17(13)26-15)14(18(23)24)10(2)9-19/h11-14,17H,2-9H2,1H3,(H,23,24). The summed E-state index contributed by atoms with van der Waals surface area (Å²) in [5.74, 6) is -1.03. The SMILES string of the molecule is C=C(CCl)C(C(=O)O)N1C(=O)C2N=C(C3CCCC(OCCC)C3)SC21. The van der Waals surface area contributed by atoms with Crippen molar-refractivity contribution in [3.05, 3.63) is 12.2 Å². The third kappa shape index (κ3) is 3.66. The summed E-state index contributed by atoms with van der Waals surface area (Å²) in [6.07, 6.45) is 5.39. The van der Waals surface area contributed by atoms with Crippen LogP contribution in [0.4, 0.5) is 0 Å². The number of thioether (sulfide) groups is 1. The highest BCUT2D eigenvalue weighted by Crippen LogP contribution is 2.45. The molecule has 2 heterocycles. The number of halogens is 1. The van der Waals surface area contributed by atoms with Gasteiger partial charge in [0.15, 0.2) is 12.1 Å². The molecular weight excluding hydrogens is 376 g/mol. The van der Waals surface area contributed by atoms with Crippen molar-refractivity contribution in [2.45, 2.75) is 62.6 Å². The minimum Gasteiger partial charge on any atom is -0.479 e. The fraction of sp³-hybridized carbons (Fsp3) is 0.722. The number of aliphatic carboxylic acids is 1. The van der Waals surface area contributed by atoms with E-state index in [0.717, 1.165) is 43.8 Å². The lowest BCUT2D eigenvalue weighted by Gasteiger charge is -2.44. The lowest BCUT2D eigenvalue weighted by Crippen LogP contribution is -2.66. The third-order valence-corrected chi connectivity index (χ3v) is 6.91. The summed E-state index contributed by atoms with van der Waals surface area (Å²) in [5, 5.41) is 10.2. The highest BCUT2D eigenvalue weighted by Gasteiger charge is 2.57. The van der Waals surface area contributed by atoms with Gasteiger partial charge in [-0.1, -0.05) is 31.7 Å². The molecule has 5 atom stereocenters. The average molecular weight is 401 g/mol. The monoisotopic (exact) mass is 400 g/mol. The van der Waals surface area contributed by atoms with Gasteiger partial charge in [-0.05, 0) is 31.3 Å². The Hall–Kier alpha value is -1.05. The maximum absolute atomic E-state index is 12.5. The fourth-order valence-electron chi connectivity index (χ4n) is 3.85. The Balaban J connectivity index is 1.66. The largest absolute Gasteiger partial charge is 0.479 e. The number of carboxylic acid groups (broad SMARTS) is 1. The molecule has 5 unspecified atom stereocenters. The lowest BCUT2D eigenvalue weighted by molar-refractivity contribution is -0.157. The van der Waals surface area contributed by atoms with E-state index in [1.807, 2.05) is 0 Å². The number of ether oxygens (including phenoxy) is 1. The first-order valence-electron chi connectivity index (χ1n) is 9.12. The molecule has 0 spiro atoms. The molecule has 2 fully saturated rings. The maximum Gasteiger partial charge on any atom is 0.330 e. The molecule has 1 aliphatic carbocycles. The van der Waals surface area contributed by atoms with Gasteiger partial charge in [-0.3, -0.25) is 9.79 Å². The number of fused-ring (bicyclic) bond motifs is 1. The van der Waals surface area contributed by atoms with Gasteiger partial charge < -0.3 is 14.7 Å². The number of hydrogen-bond acceptors (Lipinski definition) is 5. The Morgan fingerprint density at radius 2 is 2.31 bits per heavy atom. The highest BCUT2D eigenvalue weighted by molar-refractivity contribution is 8.14. The average Bonchev–Trinajstić information content (AvgIpc) is 3.04. The number of aliphatic imine (C=N–C) groups is 1. The second-order valence-corrected chi connectivity index (χ2v) is 8.46. The molecule has 1 N–H and O–H groups in total. The summed E-state index contributed by atoms with van der Waals surface area (Å²) in [6, 6.07) is -1.53. The van der Waals surface area contributed by atoms with Gasteiger partial charge in [-0.25, -0.2) is 4.79 Å². The Labute approximate surface area is 163 Å². The molecule has 0 radical (unpaired) electrons. The minimum absolute atomic E-state index is 0.00951. The zero-order chi connectivity index (χ0) is 18.8. The first-order chi connectivity index (χ1) is 12.5. The molecule has 3 rings (SSSR count). The number of nitrogens with zero attached hydrogens (tertiary/aromatic N) is 2. The van der Waals surface area contributed by atoms with E-state index in [4.69, 9.17) is 16.3 Å². The Morgan fingerprint density at radius 3 is 2.96 bits per heavy atom. The minimum atomic E-state index is -1.10. The van der Waals surface area contributed by atoms with Crippen molar-refractivity contribution in [2.24, 2.45) is 10.9 Å². The molecule has 0 bridgehead atoms. The van der Waals surface area contributed by atoms with E-state index >= 15 is 0 Å². The predicted octanol–water partition coefficient (Wildman–Crippen LogP) is 2.90. The van der Waals surface area contributed by atoms with E-state index in [2.05, 4.69) is 18.5 Å². The van der Waals surface area contributed by atoms with Crippen LogP contribution in [0.25, 0.3) is 0 Å². The number of hydrogen-bond donors (Lipinski definition) is 1. The molecule has 2 aliphatic heterocycles. The molecule has 0 aromatic heterocycles. The lowest BCUT2D eigenvalue weighted by atomic mass is 9.87. The van der Waals surface area contributed by atoms with Crippen LogP contribution in [0.3, 0.4) is 0 Å². The number of rotatable bonds is 8. The summed E-state index contributed by atoms with van der Waals surface area (Å²) in [5.41, 5.74) is 0.325. The van der Waals surface area contributed by atoms with Crippen LogP contribution in [0.2, 0.25) is 0 Å². The van der Waals surface area contributed by atoms with Crippen LogP contribution in [-0.4, -0.2) is 63.0 Å². The topological polar surface area (TPSA) is 79.2 Å². The summed E-state index contributed by atoms with van der Waals surface area (Å²) in [4.78, 5) is 30.1.